The van der Waals surface area contributed by atoms with Crippen LogP contribution in [-0.2, 0) is 6.54 Å². The number of aliphatic hydroxyl groups excluding tert-OH is 1. The highest BCUT2D eigenvalue weighted by molar-refractivity contribution is 7.15. The maximum absolute atomic E-state index is 12.2. The summed E-state index contributed by atoms with van der Waals surface area (Å²) in [5.74, 6) is 0.338. The number of urea groups is 1. The van der Waals surface area contributed by atoms with Crippen LogP contribution < -0.4 is 10.6 Å². The zero-order valence-electron chi connectivity index (χ0n) is 13.4. The molecular weight excluding hydrogens is 312 g/mol. The van der Waals surface area contributed by atoms with Crippen LogP contribution in [0.2, 0.25) is 0 Å². The fourth-order valence-corrected chi connectivity index (χ4v) is 4.06. The lowest BCUT2D eigenvalue weighted by molar-refractivity contribution is 0.101. The van der Waals surface area contributed by atoms with E-state index in [4.69, 9.17) is 0 Å². The highest BCUT2D eigenvalue weighted by atomic mass is 32.1. The van der Waals surface area contributed by atoms with Gasteiger partial charge in [-0.05, 0) is 25.7 Å². The van der Waals surface area contributed by atoms with Gasteiger partial charge in [-0.3, -0.25) is 4.40 Å². The van der Waals surface area contributed by atoms with Crippen molar-refractivity contribution in [3.8, 4) is 0 Å². The summed E-state index contributed by atoms with van der Waals surface area (Å²) in [6.45, 7) is 2.28. The number of amides is 2. The van der Waals surface area contributed by atoms with Crippen LogP contribution >= 0.6 is 11.3 Å². The Morgan fingerprint density at radius 3 is 2.96 bits per heavy atom. The van der Waals surface area contributed by atoms with E-state index in [9.17, 15) is 9.90 Å². The number of hydrogen-bond acceptors (Lipinski definition) is 4. The molecule has 23 heavy (non-hydrogen) atoms. The van der Waals surface area contributed by atoms with E-state index >= 15 is 0 Å². The average Bonchev–Trinajstić information content (AvgIpc) is 3.15. The van der Waals surface area contributed by atoms with Gasteiger partial charge in [0.2, 0.25) is 0 Å². The van der Waals surface area contributed by atoms with Crippen molar-refractivity contribution >= 4 is 22.3 Å². The molecule has 3 rings (SSSR count). The molecular formula is C16H24N4O2S. The van der Waals surface area contributed by atoms with Crippen molar-refractivity contribution in [3.05, 3.63) is 23.5 Å². The second-order valence-corrected chi connectivity index (χ2v) is 7.42. The fraction of sp³-hybridized carbons (Fsp3) is 0.625. The third-order valence-corrected chi connectivity index (χ3v) is 5.58. The number of carbonyl (C=O) groups excluding carboxylic acids is 1. The Morgan fingerprint density at radius 2 is 2.26 bits per heavy atom. The Hall–Kier alpha value is -1.60. The smallest absolute Gasteiger partial charge is 0.315 e. The number of nitrogens with zero attached hydrogens (tertiary/aromatic N) is 2. The Morgan fingerprint density at radius 1 is 1.48 bits per heavy atom. The third kappa shape index (κ3) is 3.67. The molecule has 0 aliphatic heterocycles. The van der Waals surface area contributed by atoms with Gasteiger partial charge < -0.3 is 15.7 Å². The van der Waals surface area contributed by atoms with E-state index in [1.165, 1.54) is 19.3 Å². The third-order valence-electron chi connectivity index (χ3n) is 4.81. The SMILES string of the molecule is C[C@](CO)(NC(=O)NCc1cn2ccsc2n1)C1CCCCC1. The highest BCUT2D eigenvalue weighted by Crippen LogP contribution is 2.32. The standard InChI is InChI=1S/C16H24N4O2S/c1-16(11-21,12-5-3-2-4-6-12)19-14(22)17-9-13-10-20-7-8-23-15(20)18-13/h7-8,10,12,21H,2-6,9,11H2,1H3,(H2,17,19,22)/t16-/m1/s1. The molecule has 1 aliphatic carbocycles. The van der Waals surface area contributed by atoms with Crippen molar-refractivity contribution in [3.63, 3.8) is 0 Å². The molecule has 1 atom stereocenters. The first-order valence-electron chi connectivity index (χ1n) is 8.19. The van der Waals surface area contributed by atoms with E-state index in [0.29, 0.717) is 12.5 Å². The van der Waals surface area contributed by atoms with Crippen LogP contribution in [0.5, 0.6) is 0 Å². The van der Waals surface area contributed by atoms with Crippen LogP contribution in [0.15, 0.2) is 17.8 Å². The molecule has 6 nitrogen and oxygen atoms in total. The van der Waals surface area contributed by atoms with Gasteiger partial charge in [-0.15, -0.1) is 11.3 Å². The van der Waals surface area contributed by atoms with Crippen molar-refractivity contribution in [2.75, 3.05) is 6.61 Å². The van der Waals surface area contributed by atoms with Crippen LogP contribution in [0.4, 0.5) is 4.79 Å². The topological polar surface area (TPSA) is 78.7 Å². The van der Waals surface area contributed by atoms with Crippen LogP contribution in [0.3, 0.4) is 0 Å². The number of fused-ring (bicyclic) bond motifs is 1. The van der Waals surface area contributed by atoms with Gasteiger partial charge in [-0.1, -0.05) is 19.3 Å². The lowest BCUT2D eigenvalue weighted by Gasteiger charge is -2.39. The van der Waals surface area contributed by atoms with Crippen LogP contribution in [0, 0.1) is 5.92 Å². The second-order valence-electron chi connectivity index (χ2n) is 6.54. The molecule has 3 N–H and O–H groups in total. The zero-order valence-corrected chi connectivity index (χ0v) is 14.2. The normalized spacial score (nSPS) is 18.7. The van der Waals surface area contributed by atoms with Crippen molar-refractivity contribution in [1.29, 1.82) is 0 Å². The van der Waals surface area contributed by atoms with Crippen molar-refractivity contribution in [2.24, 2.45) is 5.92 Å². The van der Waals surface area contributed by atoms with Gasteiger partial charge >= 0.3 is 6.03 Å². The molecule has 1 saturated carbocycles. The maximum Gasteiger partial charge on any atom is 0.315 e. The molecule has 7 heteroatoms. The molecule has 126 valence electrons. The van der Waals surface area contributed by atoms with Crippen LogP contribution in [-0.4, -0.2) is 32.7 Å². The molecule has 0 aromatic carbocycles. The minimum atomic E-state index is -0.556. The number of rotatable bonds is 5. The average molecular weight is 336 g/mol. The number of carbonyl (C=O) groups is 1. The summed E-state index contributed by atoms with van der Waals surface area (Å²) in [7, 11) is 0. The monoisotopic (exact) mass is 336 g/mol. The van der Waals surface area contributed by atoms with Gasteiger partial charge in [0.15, 0.2) is 4.96 Å². The molecule has 0 bridgehead atoms. The summed E-state index contributed by atoms with van der Waals surface area (Å²) in [6, 6.07) is -0.247. The summed E-state index contributed by atoms with van der Waals surface area (Å²) < 4.78 is 1.94. The summed E-state index contributed by atoms with van der Waals surface area (Å²) in [6.07, 6.45) is 9.59. The number of imidazole rings is 1. The van der Waals surface area contributed by atoms with Gasteiger partial charge in [-0.25, -0.2) is 9.78 Å². The molecule has 2 aromatic rings. The molecule has 2 amide bonds. The van der Waals surface area contributed by atoms with Gasteiger partial charge in [0.1, 0.15) is 0 Å². The first-order valence-corrected chi connectivity index (χ1v) is 9.06. The van der Waals surface area contributed by atoms with E-state index in [2.05, 4.69) is 15.6 Å². The molecule has 1 fully saturated rings. The predicted octanol–water partition coefficient (Wildman–Crippen LogP) is 2.53. The molecule has 2 aromatic heterocycles. The van der Waals surface area contributed by atoms with E-state index in [1.807, 2.05) is 29.1 Å². The predicted molar refractivity (Wildman–Crippen MR) is 90.5 cm³/mol. The van der Waals surface area contributed by atoms with Gasteiger partial charge in [-0.2, -0.15) is 0 Å². The van der Waals surface area contributed by atoms with E-state index in [-0.39, 0.29) is 12.6 Å². The largest absolute Gasteiger partial charge is 0.394 e. The number of aliphatic hydroxyl groups is 1. The van der Waals surface area contributed by atoms with Crippen LogP contribution in [0.1, 0.15) is 44.7 Å². The Bertz CT molecular complexity index is 633. The molecule has 1 aliphatic rings. The minimum absolute atomic E-state index is 0.0364. The highest BCUT2D eigenvalue weighted by Gasteiger charge is 2.35. The molecule has 0 spiro atoms. The zero-order chi connectivity index (χ0) is 16.3. The Labute approximate surface area is 139 Å². The van der Waals surface area contributed by atoms with Crippen LogP contribution in [0.25, 0.3) is 4.96 Å². The molecule has 0 radical (unpaired) electrons. The van der Waals surface area contributed by atoms with E-state index in [1.54, 1.807) is 11.3 Å². The number of thiazole rings is 1. The summed E-state index contributed by atoms with van der Waals surface area (Å²) in [5.41, 5.74) is 0.273. The van der Waals surface area contributed by atoms with Crippen molar-refractivity contribution in [2.45, 2.75) is 51.1 Å². The second kappa shape index (κ2) is 6.88. The first kappa shape index (κ1) is 16.3. The summed E-state index contributed by atoms with van der Waals surface area (Å²) >= 11 is 1.57. The van der Waals surface area contributed by atoms with Crippen molar-refractivity contribution in [1.82, 2.24) is 20.0 Å². The van der Waals surface area contributed by atoms with Gasteiger partial charge in [0.25, 0.3) is 0 Å². The van der Waals surface area contributed by atoms with E-state index < -0.39 is 5.54 Å². The van der Waals surface area contributed by atoms with E-state index in [0.717, 1.165) is 23.5 Å². The number of hydrogen-bond donors (Lipinski definition) is 3. The maximum atomic E-state index is 12.2. The minimum Gasteiger partial charge on any atom is -0.394 e. The summed E-state index contributed by atoms with van der Waals surface area (Å²) in [4.78, 5) is 17.6. The number of nitrogens with one attached hydrogen (secondary N) is 2. The fourth-order valence-electron chi connectivity index (χ4n) is 3.35. The molecule has 2 heterocycles. The first-order chi connectivity index (χ1) is 11.1. The molecule has 0 saturated heterocycles. The molecule has 0 unspecified atom stereocenters. The number of aromatic nitrogens is 2. The van der Waals surface area contributed by atoms with Gasteiger partial charge in [0, 0.05) is 17.8 Å². The lowest BCUT2D eigenvalue weighted by Crippen LogP contribution is -2.57. The lowest BCUT2D eigenvalue weighted by atomic mass is 9.76. The quantitative estimate of drug-likeness (QED) is 0.785. The summed E-state index contributed by atoms with van der Waals surface area (Å²) in [5, 5.41) is 17.6. The Balaban J connectivity index is 1.55. The van der Waals surface area contributed by atoms with Gasteiger partial charge in [0.05, 0.1) is 24.4 Å². The Kier molecular flexibility index (Phi) is 4.87. The van der Waals surface area contributed by atoms with Crippen molar-refractivity contribution < 1.29 is 9.90 Å².